The number of carbonyl (C=O) groups is 1. The number of aromatic nitrogens is 2. The highest BCUT2D eigenvalue weighted by Gasteiger charge is 2.28. The molecular weight excluding hydrogens is 367 g/mol. The number of carboxylic acid groups (broad SMARTS) is 1. The van der Waals surface area contributed by atoms with Crippen LogP contribution in [0.1, 0.15) is 17.3 Å². The molecule has 4 N–H and O–H groups in total. The van der Waals surface area contributed by atoms with Gasteiger partial charge >= 0.3 is 5.97 Å². The van der Waals surface area contributed by atoms with Crippen LogP contribution in [-0.4, -0.2) is 51.8 Å². The van der Waals surface area contributed by atoms with Crippen molar-refractivity contribution in [3.05, 3.63) is 46.0 Å². The number of pyridine rings is 2. The van der Waals surface area contributed by atoms with Crippen LogP contribution in [0.5, 0.6) is 0 Å². The van der Waals surface area contributed by atoms with Gasteiger partial charge < -0.3 is 25.4 Å². The Morgan fingerprint density at radius 2 is 2.07 bits per heavy atom. The second kappa shape index (κ2) is 7.17. The quantitative estimate of drug-likeness (QED) is 0.641. The van der Waals surface area contributed by atoms with E-state index >= 15 is 0 Å². The number of likely N-dealkylation sites (N-methyl/N-ethyl adjacent to an activating group) is 1. The first-order valence-electron chi connectivity index (χ1n) is 8.74. The largest absolute Gasteiger partial charge is 0.477 e. The smallest absolute Gasteiger partial charge is 0.341 e. The molecule has 1 aliphatic rings. The van der Waals surface area contributed by atoms with E-state index in [-0.39, 0.29) is 22.2 Å². The third-order valence-electron chi connectivity index (χ3n) is 4.95. The first kappa shape index (κ1) is 19.7. The third kappa shape index (κ3) is 3.08. The van der Waals surface area contributed by atoms with Gasteiger partial charge in [0.25, 0.3) is 0 Å². The molecule has 0 unspecified atom stereocenters. The molecule has 28 heavy (non-hydrogen) atoms. The number of halogens is 1. The fourth-order valence-corrected chi connectivity index (χ4v) is 3.56. The Morgan fingerprint density at radius 1 is 1.36 bits per heavy atom. The molecule has 1 aromatic carbocycles. The lowest BCUT2D eigenvalue weighted by Crippen LogP contribution is -2.58. The van der Waals surface area contributed by atoms with Gasteiger partial charge in [0.2, 0.25) is 5.43 Å². The number of fused-ring (bicyclic) bond motifs is 2. The zero-order chi connectivity index (χ0) is 19.3. The molecule has 2 aromatic heterocycles. The molecule has 8 nitrogen and oxygen atoms in total. The molecule has 0 saturated carbocycles. The van der Waals surface area contributed by atoms with Crippen molar-refractivity contribution in [3.8, 4) is 0 Å². The molecule has 9 heteroatoms. The highest BCUT2D eigenvalue weighted by Crippen LogP contribution is 2.29. The van der Waals surface area contributed by atoms with E-state index < -0.39 is 11.4 Å². The number of aromatic carboxylic acids is 1. The van der Waals surface area contributed by atoms with Crippen LogP contribution in [0, 0.1) is 5.82 Å². The molecule has 3 heterocycles. The van der Waals surface area contributed by atoms with Crippen LogP contribution in [0.2, 0.25) is 0 Å². The second-order valence-corrected chi connectivity index (χ2v) is 6.80. The highest BCUT2D eigenvalue weighted by atomic mass is 19.1. The van der Waals surface area contributed by atoms with E-state index in [0.717, 1.165) is 19.6 Å². The van der Waals surface area contributed by atoms with Crippen LogP contribution in [0.3, 0.4) is 0 Å². The van der Waals surface area contributed by atoms with Crippen molar-refractivity contribution >= 4 is 33.6 Å². The van der Waals surface area contributed by atoms with Crippen molar-refractivity contribution in [2.75, 3.05) is 24.5 Å². The highest BCUT2D eigenvalue weighted by molar-refractivity contribution is 5.96. The summed E-state index contributed by atoms with van der Waals surface area (Å²) in [5.41, 5.74) is 0.452. The average Bonchev–Trinajstić information content (AvgIpc) is 2.59. The minimum Gasteiger partial charge on any atom is -0.477 e. The lowest BCUT2D eigenvalue weighted by Gasteiger charge is -2.41. The first-order chi connectivity index (χ1) is 12.9. The fraction of sp³-hybridized carbons (Fsp3) is 0.316. The second-order valence-electron chi connectivity index (χ2n) is 6.80. The lowest BCUT2D eigenvalue weighted by atomic mass is 10.1. The molecule has 0 spiro atoms. The number of aryl methyl sites for hydroxylation is 1. The lowest BCUT2D eigenvalue weighted by molar-refractivity contribution is 0.0695. The first-order valence-corrected chi connectivity index (χ1v) is 8.74. The van der Waals surface area contributed by atoms with Gasteiger partial charge in [-0.1, -0.05) is 6.92 Å². The number of nitrogens with zero attached hydrogens (tertiary/aromatic N) is 3. The summed E-state index contributed by atoms with van der Waals surface area (Å²) in [7, 11) is 1.63. The molecule has 1 saturated heterocycles. The molecule has 0 aliphatic carbocycles. The van der Waals surface area contributed by atoms with Crippen LogP contribution >= 0.6 is 0 Å². The standard InChI is InChI=1S/C19H19FN4O3.H2O/c1-3-21-11-7-24(8-11)16-6-15-10(5-14(16)20)4-12-17(25)13(19(26)27)9-23(2)18(12)22-15;/h4-6,9,11,21H,3,7-8H2,1-2H3,(H,26,27);1H2. The van der Waals surface area contributed by atoms with Crippen LogP contribution < -0.4 is 15.6 Å². The van der Waals surface area contributed by atoms with Gasteiger partial charge in [0.05, 0.1) is 16.6 Å². The normalized spacial score (nSPS) is 14.2. The monoisotopic (exact) mass is 388 g/mol. The molecule has 0 radical (unpaired) electrons. The molecule has 0 amide bonds. The zero-order valence-electron chi connectivity index (χ0n) is 15.5. The van der Waals surface area contributed by atoms with Gasteiger partial charge in [-0.2, -0.15) is 0 Å². The zero-order valence-corrected chi connectivity index (χ0v) is 15.5. The Bertz CT molecular complexity index is 1140. The summed E-state index contributed by atoms with van der Waals surface area (Å²) >= 11 is 0. The van der Waals surface area contributed by atoms with Gasteiger partial charge in [0.15, 0.2) is 0 Å². The van der Waals surface area contributed by atoms with Crippen molar-refractivity contribution < 1.29 is 19.8 Å². The Morgan fingerprint density at radius 3 is 2.71 bits per heavy atom. The SMILES string of the molecule is CCNC1CN(c2cc3nc4c(cc3cc2F)c(=O)c(C(=O)O)cn4C)C1.O. The molecule has 3 aromatic rings. The van der Waals surface area contributed by atoms with Crippen LogP contribution in [0.15, 0.2) is 29.2 Å². The number of hydrogen-bond donors (Lipinski definition) is 2. The van der Waals surface area contributed by atoms with Crippen molar-refractivity contribution in [2.45, 2.75) is 13.0 Å². The average molecular weight is 388 g/mol. The Labute approximate surface area is 159 Å². The minimum absolute atomic E-state index is 0. The van der Waals surface area contributed by atoms with Crippen molar-refractivity contribution in [3.63, 3.8) is 0 Å². The maximum Gasteiger partial charge on any atom is 0.341 e. The van der Waals surface area contributed by atoms with Gasteiger partial charge in [-0.3, -0.25) is 4.79 Å². The number of carboxylic acids is 1. The molecule has 4 rings (SSSR count). The van der Waals surface area contributed by atoms with Gasteiger partial charge in [-0.25, -0.2) is 14.2 Å². The van der Waals surface area contributed by atoms with Gasteiger partial charge in [-0.15, -0.1) is 0 Å². The Kier molecular flexibility index (Phi) is 5.05. The summed E-state index contributed by atoms with van der Waals surface area (Å²) in [6.45, 7) is 4.36. The summed E-state index contributed by atoms with van der Waals surface area (Å²) in [6.07, 6.45) is 1.26. The molecule has 1 aliphatic heterocycles. The third-order valence-corrected chi connectivity index (χ3v) is 4.95. The Balaban J connectivity index is 0.00000225. The van der Waals surface area contributed by atoms with E-state index in [9.17, 15) is 19.1 Å². The van der Waals surface area contributed by atoms with Crippen LogP contribution in [0.25, 0.3) is 21.9 Å². The number of hydrogen-bond acceptors (Lipinski definition) is 5. The molecule has 148 valence electrons. The predicted molar refractivity (Wildman–Crippen MR) is 105 cm³/mol. The topological polar surface area (TPSA) is 119 Å². The summed E-state index contributed by atoms with van der Waals surface area (Å²) in [6, 6.07) is 4.90. The van der Waals surface area contributed by atoms with E-state index in [0.29, 0.717) is 28.3 Å². The van der Waals surface area contributed by atoms with Crippen molar-refractivity contribution in [1.29, 1.82) is 0 Å². The number of benzene rings is 1. The van der Waals surface area contributed by atoms with Crippen molar-refractivity contribution in [1.82, 2.24) is 14.9 Å². The van der Waals surface area contributed by atoms with E-state index in [4.69, 9.17) is 0 Å². The van der Waals surface area contributed by atoms with E-state index in [1.807, 2.05) is 11.8 Å². The van der Waals surface area contributed by atoms with E-state index in [1.165, 1.54) is 22.9 Å². The summed E-state index contributed by atoms with van der Waals surface area (Å²) in [5.74, 6) is -1.68. The molecule has 1 fully saturated rings. The summed E-state index contributed by atoms with van der Waals surface area (Å²) in [5, 5.41) is 13.1. The van der Waals surface area contributed by atoms with Gasteiger partial charge in [0, 0.05) is 37.8 Å². The molecule has 0 bridgehead atoms. The molecular formula is C19H21FN4O4. The molecule has 0 atom stereocenters. The number of rotatable bonds is 4. The van der Waals surface area contributed by atoms with Crippen LogP contribution in [-0.2, 0) is 7.05 Å². The minimum atomic E-state index is -1.30. The fourth-order valence-electron chi connectivity index (χ4n) is 3.56. The number of anilines is 1. The predicted octanol–water partition coefficient (Wildman–Crippen LogP) is 0.897. The summed E-state index contributed by atoms with van der Waals surface area (Å²) in [4.78, 5) is 30.1. The maximum atomic E-state index is 14.6. The summed E-state index contributed by atoms with van der Waals surface area (Å²) < 4.78 is 16.1. The van der Waals surface area contributed by atoms with Crippen LogP contribution in [0.4, 0.5) is 10.1 Å². The van der Waals surface area contributed by atoms with Crippen molar-refractivity contribution in [2.24, 2.45) is 7.05 Å². The maximum absolute atomic E-state index is 14.6. The Hall–Kier alpha value is -3.04. The van der Waals surface area contributed by atoms with Gasteiger partial charge in [-0.05, 0) is 24.7 Å². The van der Waals surface area contributed by atoms with E-state index in [1.54, 1.807) is 13.1 Å². The van der Waals surface area contributed by atoms with Gasteiger partial charge in [0.1, 0.15) is 17.0 Å². The number of nitrogens with one attached hydrogen (secondary N) is 1. The van der Waals surface area contributed by atoms with E-state index in [2.05, 4.69) is 10.3 Å².